The first-order chi connectivity index (χ1) is 15.0. The van der Waals surface area contributed by atoms with Gasteiger partial charge in [0.25, 0.3) is 0 Å². The van der Waals surface area contributed by atoms with Crippen molar-refractivity contribution in [1.82, 2.24) is 14.2 Å². The second kappa shape index (κ2) is 10.2. The fraction of sp³-hybridized carbons (Fsp3) is 0.667. The third-order valence-electron chi connectivity index (χ3n) is 6.95. The van der Waals surface area contributed by atoms with Crippen molar-refractivity contribution in [2.24, 2.45) is 11.8 Å². The van der Waals surface area contributed by atoms with E-state index in [4.69, 9.17) is 4.37 Å². The Labute approximate surface area is 190 Å². The highest BCUT2D eigenvalue weighted by Gasteiger charge is 2.29. The molecule has 0 unspecified atom stereocenters. The Kier molecular flexibility index (Phi) is 7.33. The third-order valence-corrected chi connectivity index (χ3v) is 7.77. The predicted molar refractivity (Wildman–Crippen MR) is 128 cm³/mol. The molecule has 2 heterocycles. The Hall–Kier alpha value is -1.86. The van der Waals surface area contributed by atoms with E-state index in [9.17, 15) is 9.90 Å². The topological polar surface area (TPSA) is 59.9 Å². The van der Waals surface area contributed by atoms with Crippen LogP contribution in [0.3, 0.4) is 0 Å². The van der Waals surface area contributed by atoms with E-state index < -0.39 is 6.09 Å². The number of hydrogen-bond acceptors (Lipinski definition) is 5. The number of hydrogen-bond donors (Lipinski definition) is 1. The van der Waals surface area contributed by atoms with E-state index >= 15 is 0 Å². The summed E-state index contributed by atoms with van der Waals surface area (Å²) < 4.78 is 5.99. The molecular weight excluding hydrogens is 408 g/mol. The van der Waals surface area contributed by atoms with Gasteiger partial charge in [-0.2, -0.15) is 4.37 Å². The molecule has 1 saturated carbocycles. The summed E-state index contributed by atoms with van der Waals surface area (Å²) in [6.07, 6.45) is 4.86. The van der Waals surface area contributed by atoms with Gasteiger partial charge in [-0.15, -0.1) is 0 Å². The third kappa shape index (κ3) is 5.50. The summed E-state index contributed by atoms with van der Waals surface area (Å²) >= 11 is 1.60. The molecule has 0 spiro atoms. The van der Waals surface area contributed by atoms with Gasteiger partial charge in [-0.25, -0.2) is 4.79 Å². The summed E-state index contributed by atoms with van der Waals surface area (Å²) in [7, 11) is 0. The van der Waals surface area contributed by atoms with Gasteiger partial charge in [0.2, 0.25) is 0 Å². The predicted octanol–water partition coefficient (Wildman–Crippen LogP) is 5.00. The molecule has 170 valence electrons. The van der Waals surface area contributed by atoms with Crippen molar-refractivity contribution in [1.29, 1.82) is 0 Å². The van der Waals surface area contributed by atoms with E-state index in [1.54, 1.807) is 16.4 Å². The molecule has 1 aliphatic heterocycles. The Morgan fingerprint density at radius 1 is 1.16 bits per heavy atom. The van der Waals surface area contributed by atoms with Crippen LogP contribution in [0.15, 0.2) is 24.3 Å². The molecule has 1 saturated heterocycles. The molecule has 1 aliphatic carbocycles. The summed E-state index contributed by atoms with van der Waals surface area (Å²) in [5.41, 5.74) is 0. The highest BCUT2D eigenvalue weighted by molar-refractivity contribution is 7.13. The van der Waals surface area contributed by atoms with Crippen molar-refractivity contribution < 1.29 is 9.90 Å². The lowest BCUT2D eigenvalue weighted by molar-refractivity contribution is 0.0933. The van der Waals surface area contributed by atoms with Crippen molar-refractivity contribution in [2.45, 2.75) is 52.0 Å². The number of anilines is 1. The molecule has 2 aliphatic rings. The summed E-state index contributed by atoms with van der Waals surface area (Å²) in [5.74, 6) is 2.28. The number of fused-ring (bicyclic) bond motifs is 1. The number of amides is 1. The zero-order valence-corrected chi connectivity index (χ0v) is 19.7. The number of carbonyl (C=O) groups is 1. The first-order valence-corrected chi connectivity index (χ1v) is 12.6. The SMILES string of the molecule is CC(C)CN(C(=O)O)C1CCC(CCN2CCN(c3nsc4ccccc34)CC2)CC1. The van der Waals surface area contributed by atoms with E-state index in [-0.39, 0.29) is 6.04 Å². The van der Waals surface area contributed by atoms with Crippen LogP contribution in [0.2, 0.25) is 0 Å². The molecule has 7 heteroatoms. The van der Waals surface area contributed by atoms with Gasteiger partial charge in [-0.05, 0) is 74.1 Å². The molecule has 1 N–H and O–H groups in total. The number of benzene rings is 1. The molecule has 2 fully saturated rings. The van der Waals surface area contributed by atoms with Gasteiger partial charge in [0, 0.05) is 44.2 Å². The minimum atomic E-state index is -0.747. The van der Waals surface area contributed by atoms with Crippen molar-refractivity contribution in [3.05, 3.63) is 24.3 Å². The molecular formula is C24H36N4O2S. The molecule has 0 atom stereocenters. The van der Waals surface area contributed by atoms with Crippen LogP contribution in [0.1, 0.15) is 46.0 Å². The molecule has 31 heavy (non-hydrogen) atoms. The van der Waals surface area contributed by atoms with Crippen molar-refractivity contribution in [3.8, 4) is 0 Å². The van der Waals surface area contributed by atoms with Gasteiger partial charge in [0.1, 0.15) is 5.82 Å². The molecule has 4 rings (SSSR count). The Morgan fingerprint density at radius 2 is 1.87 bits per heavy atom. The second-order valence-electron chi connectivity index (χ2n) is 9.62. The van der Waals surface area contributed by atoms with Crippen LogP contribution < -0.4 is 4.90 Å². The lowest BCUT2D eigenvalue weighted by Gasteiger charge is -2.38. The van der Waals surface area contributed by atoms with Gasteiger partial charge in [-0.3, -0.25) is 4.90 Å². The first-order valence-electron chi connectivity index (χ1n) is 11.8. The van der Waals surface area contributed by atoms with Crippen LogP contribution in [-0.2, 0) is 0 Å². The van der Waals surface area contributed by atoms with Crippen molar-refractivity contribution in [2.75, 3.05) is 44.2 Å². The average Bonchev–Trinajstić information content (AvgIpc) is 3.21. The lowest BCUT2D eigenvalue weighted by atomic mass is 9.83. The van der Waals surface area contributed by atoms with E-state index in [1.807, 2.05) is 0 Å². The van der Waals surface area contributed by atoms with Gasteiger partial charge in [0.05, 0.1) is 4.70 Å². The van der Waals surface area contributed by atoms with Crippen LogP contribution in [-0.4, -0.2) is 70.7 Å². The van der Waals surface area contributed by atoms with E-state index in [0.29, 0.717) is 12.5 Å². The average molecular weight is 445 g/mol. The van der Waals surface area contributed by atoms with Gasteiger partial charge < -0.3 is 14.9 Å². The lowest BCUT2D eigenvalue weighted by Crippen LogP contribution is -2.47. The van der Waals surface area contributed by atoms with Crippen molar-refractivity contribution >= 4 is 33.5 Å². The number of piperazine rings is 1. The maximum absolute atomic E-state index is 11.6. The number of aromatic nitrogens is 1. The molecule has 1 aromatic carbocycles. The summed E-state index contributed by atoms with van der Waals surface area (Å²) in [4.78, 5) is 18.4. The van der Waals surface area contributed by atoms with Crippen LogP contribution >= 0.6 is 11.5 Å². The summed E-state index contributed by atoms with van der Waals surface area (Å²) in [5, 5.41) is 10.9. The van der Waals surface area contributed by atoms with Crippen LogP contribution in [0, 0.1) is 11.8 Å². The molecule has 0 bridgehead atoms. The zero-order valence-electron chi connectivity index (χ0n) is 18.9. The Balaban J connectivity index is 1.20. The fourth-order valence-corrected chi connectivity index (χ4v) is 5.97. The molecule has 1 amide bonds. The van der Waals surface area contributed by atoms with E-state index in [0.717, 1.165) is 70.1 Å². The van der Waals surface area contributed by atoms with Crippen LogP contribution in [0.4, 0.5) is 10.6 Å². The largest absolute Gasteiger partial charge is 0.465 e. The maximum atomic E-state index is 11.6. The highest BCUT2D eigenvalue weighted by Crippen LogP contribution is 2.32. The smallest absolute Gasteiger partial charge is 0.407 e. The summed E-state index contributed by atoms with van der Waals surface area (Å²) in [6.45, 7) is 10.3. The fourth-order valence-electron chi connectivity index (χ4n) is 5.17. The Bertz CT molecular complexity index is 854. The van der Waals surface area contributed by atoms with Crippen molar-refractivity contribution in [3.63, 3.8) is 0 Å². The minimum absolute atomic E-state index is 0.215. The van der Waals surface area contributed by atoms with E-state index in [2.05, 4.69) is 47.9 Å². The summed E-state index contributed by atoms with van der Waals surface area (Å²) in [6, 6.07) is 8.74. The standard InChI is InChI=1S/C24H36N4O2S/c1-18(2)17-28(24(29)30)20-9-7-19(8-10-20)11-12-26-13-15-27(16-14-26)23-21-5-3-4-6-22(21)31-25-23/h3-6,18-20H,7-17H2,1-2H3,(H,29,30). The molecule has 2 aromatic rings. The monoisotopic (exact) mass is 444 g/mol. The van der Waals surface area contributed by atoms with Crippen LogP contribution in [0.25, 0.3) is 10.1 Å². The zero-order chi connectivity index (χ0) is 21.8. The number of nitrogens with zero attached hydrogens (tertiary/aromatic N) is 4. The maximum Gasteiger partial charge on any atom is 0.407 e. The van der Waals surface area contributed by atoms with Gasteiger partial charge in [0.15, 0.2) is 0 Å². The first kappa shape index (κ1) is 22.3. The number of carboxylic acid groups (broad SMARTS) is 1. The minimum Gasteiger partial charge on any atom is -0.465 e. The van der Waals surface area contributed by atoms with Gasteiger partial charge in [-0.1, -0.05) is 26.0 Å². The van der Waals surface area contributed by atoms with Crippen LogP contribution in [0.5, 0.6) is 0 Å². The number of rotatable bonds is 7. The quantitative estimate of drug-likeness (QED) is 0.651. The second-order valence-corrected chi connectivity index (χ2v) is 10.4. The van der Waals surface area contributed by atoms with Gasteiger partial charge >= 0.3 is 6.09 Å². The Morgan fingerprint density at radius 3 is 2.55 bits per heavy atom. The highest BCUT2D eigenvalue weighted by atomic mass is 32.1. The van der Waals surface area contributed by atoms with E-state index in [1.165, 1.54) is 16.5 Å². The molecule has 6 nitrogen and oxygen atoms in total. The molecule has 0 radical (unpaired) electrons. The molecule has 1 aromatic heterocycles. The normalized spacial score (nSPS) is 22.9.